The number of carbonyl (C=O) groups is 1. The van der Waals surface area contributed by atoms with Crippen molar-refractivity contribution in [1.29, 1.82) is 0 Å². The van der Waals surface area contributed by atoms with Crippen molar-refractivity contribution >= 4 is 6.29 Å². The Bertz CT molecular complexity index is 714. The van der Waals surface area contributed by atoms with Crippen LogP contribution in [0.1, 0.15) is 49.9 Å². The normalized spacial score (nSPS) is 25.2. The van der Waals surface area contributed by atoms with Crippen LogP contribution in [0.15, 0.2) is 53.9 Å². The van der Waals surface area contributed by atoms with Crippen LogP contribution in [0.5, 0.6) is 0 Å². The number of nitrogens with one attached hydrogen (secondary N) is 1. The van der Waals surface area contributed by atoms with Gasteiger partial charge in [0.25, 0.3) is 0 Å². The van der Waals surface area contributed by atoms with Crippen LogP contribution < -0.4 is 5.32 Å². The van der Waals surface area contributed by atoms with Gasteiger partial charge in [0.15, 0.2) is 0 Å². The molecular formula is C24H34N2O3. The first-order valence-electron chi connectivity index (χ1n) is 10.7. The highest BCUT2D eigenvalue weighted by Crippen LogP contribution is 2.35. The summed E-state index contributed by atoms with van der Waals surface area (Å²) in [5.74, 6) is 1.72. The third-order valence-corrected chi connectivity index (χ3v) is 5.67. The first-order chi connectivity index (χ1) is 14.1. The quantitative estimate of drug-likeness (QED) is 0.730. The molecule has 5 nitrogen and oxygen atoms in total. The van der Waals surface area contributed by atoms with Gasteiger partial charge in [-0.25, -0.2) is 0 Å². The van der Waals surface area contributed by atoms with Crippen LogP contribution in [-0.2, 0) is 9.47 Å². The van der Waals surface area contributed by atoms with Gasteiger partial charge in [0, 0.05) is 30.5 Å². The van der Waals surface area contributed by atoms with Crippen LogP contribution in [0, 0.1) is 5.92 Å². The third kappa shape index (κ3) is 5.49. The molecule has 2 heterocycles. The van der Waals surface area contributed by atoms with Crippen LogP contribution in [0.4, 0.5) is 0 Å². The highest BCUT2D eigenvalue weighted by atomic mass is 16.5. The maximum Gasteiger partial charge on any atom is 0.150 e. The Hall–Kier alpha value is -2.11. The highest BCUT2D eigenvalue weighted by Gasteiger charge is 2.44. The minimum absolute atomic E-state index is 0.0395. The van der Waals surface area contributed by atoms with E-state index in [2.05, 4.69) is 36.2 Å². The van der Waals surface area contributed by atoms with Crippen molar-refractivity contribution in [3.63, 3.8) is 0 Å². The van der Waals surface area contributed by atoms with Gasteiger partial charge in [-0.3, -0.25) is 10.1 Å². The van der Waals surface area contributed by atoms with E-state index in [0.29, 0.717) is 12.0 Å². The first kappa shape index (κ1) is 21.6. The Morgan fingerprint density at radius 2 is 2.03 bits per heavy atom. The molecule has 158 valence electrons. The Kier molecular flexibility index (Phi) is 7.90. The van der Waals surface area contributed by atoms with Crippen molar-refractivity contribution in [3.05, 3.63) is 59.5 Å². The number of piperazine rings is 1. The fourth-order valence-electron chi connectivity index (χ4n) is 4.10. The van der Waals surface area contributed by atoms with E-state index < -0.39 is 0 Å². The largest absolute Gasteiger partial charge is 0.499 e. The summed E-state index contributed by atoms with van der Waals surface area (Å²) in [7, 11) is 1.77. The fourth-order valence-corrected chi connectivity index (χ4v) is 4.10. The van der Waals surface area contributed by atoms with Gasteiger partial charge in [0.05, 0.1) is 7.11 Å². The monoisotopic (exact) mass is 398 g/mol. The summed E-state index contributed by atoms with van der Waals surface area (Å²) >= 11 is 0. The van der Waals surface area contributed by atoms with Crippen molar-refractivity contribution in [2.24, 2.45) is 5.92 Å². The van der Waals surface area contributed by atoms with E-state index in [1.165, 1.54) is 25.0 Å². The molecule has 1 fully saturated rings. The van der Waals surface area contributed by atoms with Gasteiger partial charge in [-0.15, -0.1) is 0 Å². The number of methoxy groups -OCH3 is 1. The van der Waals surface area contributed by atoms with Gasteiger partial charge in [0.2, 0.25) is 0 Å². The van der Waals surface area contributed by atoms with Gasteiger partial charge >= 0.3 is 0 Å². The highest BCUT2D eigenvalue weighted by molar-refractivity contribution is 5.74. The molecule has 1 aliphatic carbocycles. The number of allylic oxidation sites excluding steroid dienone is 1. The summed E-state index contributed by atoms with van der Waals surface area (Å²) in [5, 5.41) is 3.71. The van der Waals surface area contributed by atoms with E-state index in [9.17, 15) is 4.79 Å². The van der Waals surface area contributed by atoms with Gasteiger partial charge in [-0.2, -0.15) is 0 Å². The molecule has 29 heavy (non-hydrogen) atoms. The molecule has 0 bridgehead atoms. The molecule has 3 aliphatic rings. The lowest BCUT2D eigenvalue weighted by Crippen LogP contribution is -2.61. The van der Waals surface area contributed by atoms with E-state index in [4.69, 9.17) is 9.47 Å². The maximum absolute atomic E-state index is 10.0. The molecule has 4 rings (SSSR count). The minimum Gasteiger partial charge on any atom is -0.499 e. The van der Waals surface area contributed by atoms with Crippen LogP contribution in [0.2, 0.25) is 0 Å². The fraction of sp³-hybridized carbons (Fsp3) is 0.542. The van der Waals surface area contributed by atoms with E-state index in [-0.39, 0.29) is 12.3 Å². The molecule has 1 aromatic carbocycles. The molecule has 1 aromatic rings. The Morgan fingerprint density at radius 3 is 2.69 bits per heavy atom. The average Bonchev–Trinajstić information content (AvgIpc) is 3.19. The Labute approximate surface area is 174 Å². The topological polar surface area (TPSA) is 50.8 Å². The number of carbonyl (C=O) groups excluding carboxylic acids is 1. The molecule has 1 N–H and O–H groups in total. The SMILES string of the molecule is COC1=CCN2C3=CCCCC3NC(OCCC(C)C)C12.O=Cc1ccccc1. The molecular weight excluding hydrogens is 364 g/mol. The molecule has 0 spiro atoms. The predicted molar refractivity (Wildman–Crippen MR) is 115 cm³/mol. The zero-order valence-electron chi connectivity index (χ0n) is 17.8. The van der Waals surface area contributed by atoms with E-state index in [1.54, 1.807) is 19.2 Å². The molecule has 3 unspecified atom stereocenters. The summed E-state index contributed by atoms with van der Waals surface area (Å²) in [4.78, 5) is 12.5. The van der Waals surface area contributed by atoms with E-state index >= 15 is 0 Å². The van der Waals surface area contributed by atoms with Crippen LogP contribution in [0.3, 0.4) is 0 Å². The van der Waals surface area contributed by atoms with E-state index in [1.807, 2.05) is 18.2 Å². The molecule has 5 heteroatoms. The Morgan fingerprint density at radius 1 is 1.24 bits per heavy atom. The summed E-state index contributed by atoms with van der Waals surface area (Å²) in [6.45, 7) is 6.23. The number of fused-ring (bicyclic) bond motifs is 3. The summed E-state index contributed by atoms with van der Waals surface area (Å²) < 4.78 is 11.8. The second-order valence-corrected chi connectivity index (χ2v) is 8.19. The smallest absolute Gasteiger partial charge is 0.150 e. The first-order valence-corrected chi connectivity index (χ1v) is 10.7. The number of hydrogen-bond acceptors (Lipinski definition) is 5. The third-order valence-electron chi connectivity index (χ3n) is 5.67. The number of ether oxygens (including phenoxy) is 2. The van der Waals surface area contributed by atoms with Gasteiger partial charge < -0.3 is 14.4 Å². The molecule has 0 saturated carbocycles. The standard InChI is InChI=1S/C17H28N2O2.C7H6O/c1-12(2)9-11-21-17-16-15(20-3)8-10-19(16)14-7-5-4-6-13(14)18-17;8-6-7-4-2-1-3-5-7/h7-8,12-13,16-18H,4-6,9-11H2,1-3H3;1-6H. The van der Waals surface area contributed by atoms with Gasteiger partial charge in [0.1, 0.15) is 24.3 Å². The molecule has 0 aromatic heterocycles. The van der Waals surface area contributed by atoms with E-state index in [0.717, 1.165) is 37.2 Å². The van der Waals surface area contributed by atoms with Crippen LogP contribution in [-0.4, -0.2) is 49.8 Å². The number of aldehydes is 1. The molecule has 1 saturated heterocycles. The maximum atomic E-state index is 10.0. The molecule has 0 amide bonds. The second kappa shape index (κ2) is 10.6. The summed E-state index contributed by atoms with van der Waals surface area (Å²) in [5.41, 5.74) is 2.17. The van der Waals surface area contributed by atoms with Crippen LogP contribution >= 0.6 is 0 Å². The Balaban J connectivity index is 0.000000252. The summed E-state index contributed by atoms with van der Waals surface area (Å²) in [6, 6.07) is 9.74. The van der Waals surface area contributed by atoms with Crippen molar-refractivity contribution in [3.8, 4) is 0 Å². The van der Waals surface area contributed by atoms with Crippen molar-refractivity contribution < 1.29 is 14.3 Å². The molecule has 2 aliphatic heterocycles. The number of benzene rings is 1. The van der Waals surface area contributed by atoms with Crippen molar-refractivity contribution in [2.75, 3.05) is 20.3 Å². The molecule has 0 radical (unpaired) electrons. The van der Waals surface area contributed by atoms with Gasteiger partial charge in [-0.1, -0.05) is 50.3 Å². The zero-order valence-corrected chi connectivity index (χ0v) is 17.8. The number of rotatable bonds is 6. The second-order valence-electron chi connectivity index (χ2n) is 8.19. The van der Waals surface area contributed by atoms with Crippen molar-refractivity contribution in [1.82, 2.24) is 10.2 Å². The molecule has 3 atom stereocenters. The zero-order chi connectivity index (χ0) is 20.6. The lowest BCUT2D eigenvalue weighted by Gasteiger charge is -2.46. The minimum atomic E-state index is 0.0395. The lowest BCUT2D eigenvalue weighted by atomic mass is 9.94. The summed E-state index contributed by atoms with van der Waals surface area (Å²) in [6.07, 6.45) is 10.2. The van der Waals surface area contributed by atoms with Crippen LogP contribution in [0.25, 0.3) is 0 Å². The lowest BCUT2D eigenvalue weighted by molar-refractivity contribution is -0.0503. The average molecular weight is 399 g/mol. The number of nitrogens with zero attached hydrogens (tertiary/aromatic N) is 1. The van der Waals surface area contributed by atoms with Gasteiger partial charge in [-0.05, 0) is 37.7 Å². The van der Waals surface area contributed by atoms with Crippen molar-refractivity contribution in [2.45, 2.75) is 57.8 Å². The predicted octanol–water partition coefficient (Wildman–Crippen LogP) is 4.13. The number of hydrogen-bond donors (Lipinski definition) is 1.